The van der Waals surface area contributed by atoms with Gasteiger partial charge < -0.3 is 10.1 Å². The molecule has 1 N–H and O–H groups in total. The molecule has 5 heteroatoms. The Balaban J connectivity index is 1.80. The number of aromatic nitrogens is 3. The van der Waals surface area contributed by atoms with Crippen molar-refractivity contribution in [3.8, 4) is 11.3 Å². The fraction of sp³-hybridized carbons (Fsp3) is 0.385. The van der Waals surface area contributed by atoms with Gasteiger partial charge in [-0.05, 0) is 0 Å². The lowest BCUT2D eigenvalue weighted by atomic mass is 10.1. The maximum atomic E-state index is 5.89. The van der Waals surface area contributed by atoms with E-state index in [1.807, 2.05) is 22.9 Å². The van der Waals surface area contributed by atoms with Crippen LogP contribution in [0, 0.1) is 0 Å². The molecule has 0 spiro atoms. The monoisotopic (exact) mass is 242 g/mol. The summed E-state index contributed by atoms with van der Waals surface area (Å²) in [6.45, 7) is 2.42. The lowest BCUT2D eigenvalue weighted by molar-refractivity contribution is -0.00261. The summed E-state index contributed by atoms with van der Waals surface area (Å²) >= 11 is 0. The molecule has 1 aromatic heterocycles. The van der Waals surface area contributed by atoms with Crippen LogP contribution in [-0.2, 0) is 11.3 Å². The standard InChI is InChI=1S/C13H14N4O/c1-2-4-9(5-3-1)13-11-8-18-12-7-14-6-10(12)17(11)16-15-13/h1-5,10,12,14H,6-8H2/t10-,12+/m1/s1. The number of ether oxygens (including phenoxy) is 1. The second-order valence-electron chi connectivity index (χ2n) is 4.77. The zero-order valence-electron chi connectivity index (χ0n) is 9.91. The van der Waals surface area contributed by atoms with Crippen LogP contribution in [0.2, 0.25) is 0 Å². The molecule has 92 valence electrons. The van der Waals surface area contributed by atoms with Gasteiger partial charge in [-0.3, -0.25) is 0 Å². The van der Waals surface area contributed by atoms with Gasteiger partial charge in [0.05, 0.1) is 24.4 Å². The predicted octanol–water partition coefficient (Wildman–Crippen LogP) is 0.988. The first-order valence-corrected chi connectivity index (χ1v) is 6.25. The molecule has 0 unspecified atom stereocenters. The molecule has 2 aromatic rings. The Morgan fingerprint density at radius 1 is 1.22 bits per heavy atom. The maximum Gasteiger partial charge on any atom is 0.118 e. The summed E-state index contributed by atoms with van der Waals surface area (Å²) in [5.74, 6) is 0. The lowest BCUT2D eigenvalue weighted by Gasteiger charge is -2.26. The second-order valence-corrected chi connectivity index (χ2v) is 4.77. The molecule has 0 radical (unpaired) electrons. The van der Waals surface area contributed by atoms with Gasteiger partial charge in [0, 0.05) is 18.7 Å². The van der Waals surface area contributed by atoms with Crippen LogP contribution < -0.4 is 5.32 Å². The van der Waals surface area contributed by atoms with Gasteiger partial charge in [0.2, 0.25) is 0 Å². The van der Waals surface area contributed by atoms with Crippen molar-refractivity contribution >= 4 is 0 Å². The Hall–Kier alpha value is -1.72. The molecule has 2 aliphatic heterocycles. The number of rotatable bonds is 1. The fourth-order valence-electron chi connectivity index (χ4n) is 2.78. The SMILES string of the molecule is c1ccc(-c2nnn3c2CO[C@H]2CNC[C@H]23)cc1. The number of nitrogens with one attached hydrogen (secondary N) is 1. The first-order chi connectivity index (χ1) is 8.93. The Kier molecular flexibility index (Phi) is 2.21. The average molecular weight is 242 g/mol. The maximum absolute atomic E-state index is 5.89. The molecule has 1 aromatic carbocycles. The highest BCUT2D eigenvalue weighted by molar-refractivity contribution is 5.61. The fourth-order valence-corrected chi connectivity index (χ4v) is 2.78. The Morgan fingerprint density at radius 2 is 2.11 bits per heavy atom. The third kappa shape index (κ3) is 1.41. The van der Waals surface area contributed by atoms with Crippen molar-refractivity contribution in [1.29, 1.82) is 0 Å². The minimum Gasteiger partial charge on any atom is -0.368 e. The molecule has 2 aliphatic rings. The van der Waals surface area contributed by atoms with Gasteiger partial charge in [-0.25, -0.2) is 4.68 Å². The molecule has 0 bridgehead atoms. The zero-order chi connectivity index (χ0) is 11.9. The molecular formula is C13H14N4O. The van der Waals surface area contributed by atoms with E-state index in [9.17, 15) is 0 Å². The quantitative estimate of drug-likeness (QED) is 0.810. The second kappa shape index (κ2) is 3.90. The van der Waals surface area contributed by atoms with Crippen LogP contribution in [0.1, 0.15) is 11.7 Å². The van der Waals surface area contributed by atoms with Gasteiger partial charge in [0.25, 0.3) is 0 Å². The van der Waals surface area contributed by atoms with E-state index < -0.39 is 0 Å². The summed E-state index contributed by atoms with van der Waals surface area (Å²) in [6, 6.07) is 10.5. The molecule has 18 heavy (non-hydrogen) atoms. The molecule has 0 aliphatic carbocycles. The van der Waals surface area contributed by atoms with E-state index in [4.69, 9.17) is 4.74 Å². The van der Waals surface area contributed by atoms with Crippen LogP contribution in [0.5, 0.6) is 0 Å². The Morgan fingerprint density at radius 3 is 3.00 bits per heavy atom. The summed E-state index contributed by atoms with van der Waals surface area (Å²) in [5.41, 5.74) is 3.14. The van der Waals surface area contributed by atoms with Crippen LogP contribution in [-0.4, -0.2) is 34.2 Å². The highest BCUT2D eigenvalue weighted by Crippen LogP contribution is 2.31. The first-order valence-electron chi connectivity index (χ1n) is 6.25. The number of hydrogen-bond donors (Lipinski definition) is 1. The van der Waals surface area contributed by atoms with E-state index in [2.05, 4.69) is 27.8 Å². The summed E-state index contributed by atoms with van der Waals surface area (Å²) < 4.78 is 7.92. The van der Waals surface area contributed by atoms with Crippen molar-refractivity contribution in [2.45, 2.75) is 18.8 Å². The Bertz CT molecular complexity index is 566. The third-order valence-corrected chi connectivity index (χ3v) is 3.71. The van der Waals surface area contributed by atoms with Gasteiger partial charge >= 0.3 is 0 Å². The van der Waals surface area contributed by atoms with Crippen molar-refractivity contribution in [2.75, 3.05) is 13.1 Å². The van der Waals surface area contributed by atoms with Gasteiger partial charge in [-0.2, -0.15) is 0 Å². The van der Waals surface area contributed by atoms with E-state index in [0.717, 1.165) is 30.0 Å². The Labute approximate surface area is 105 Å². The molecule has 2 atom stereocenters. The van der Waals surface area contributed by atoms with Crippen LogP contribution in [0.4, 0.5) is 0 Å². The first kappa shape index (κ1) is 10.2. The summed E-state index contributed by atoms with van der Waals surface area (Å²) in [7, 11) is 0. The zero-order valence-corrected chi connectivity index (χ0v) is 9.91. The molecule has 1 fully saturated rings. The smallest absolute Gasteiger partial charge is 0.118 e. The number of nitrogens with zero attached hydrogens (tertiary/aromatic N) is 3. The van der Waals surface area contributed by atoms with E-state index in [1.54, 1.807) is 0 Å². The van der Waals surface area contributed by atoms with E-state index in [1.165, 1.54) is 0 Å². The van der Waals surface area contributed by atoms with Crippen molar-refractivity contribution in [3.63, 3.8) is 0 Å². The lowest BCUT2D eigenvalue weighted by Crippen LogP contribution is -2.32. The molecule has 0 saturated carbocycles. The van der Waals surface area contributed by atoms with Gasteiger partial charge in [-0.15, -0.1) is 5.10 Å². The van der Waals surface area contributed by atoms with Crippen LogP contribution in [0.15, 0.2) is 30.3 Å². The highest BCUT2D eigenvalue weighted by Gasteiger charge is 2.36. The molecule has 3 heterocycles. The largest absolute Gasteiger partial charge is 0.368 e. The van der Waals surface area contributed by atoms with Crippen molar-refractivity contribution in [2.24, 2.45) is 0 Å². The van der Waals surface area contributed by atoms with Gasteiger partial charge in [0.15, 0.2) is 0 Å². The molecule has 1 saturated heterocycles. The third-order valence-electron chi connectivity index (χ3n) is 3.71. The van der Waals surface area contributed by atoms with Crippen LogP contribution in [0.3, 0.4) is 0 Å². The minimum absolute atomic E-state index is 0.239. The van der Waals surface area contributed by atoms with E-state index in [0.29, 0.717) is 12.6 Å². The van der Waals surface area contributed by atoms with Crippen molar-refractivity contribution in [1.82, 2.24) is 20.3 Å². The van der Waals surface area contributed by atoms with E-state index in [-0.39, 0.29) is 6.10 Å². The molecule has 5 nitrogen and oxygen atoms in total. The van der Waals surface area contributed by atoms with Crippen molar-refractivity contribution < 1.29 is 4.74 Å². The minimum atomic E-state index is 0.239. The molecular weight excluding hydrogens is 228 g/mol. The average Bonchev–Trinajstić information content (AvgIpc) is 3.05. The predicted molar refractivity (Wildman–Crippen MR) is 65.9 cm³/mol. The van der Waals surface area contributed by atoms with Crippen molar-refractivity contribution in [3.05, 3.63) is 36.0 Å². The topological polar surface area (TPSA) is 52.0 Å². The van der Waals surface area contributed by atoms with E-state index >= 15 is 0 Å². The number of benzene rings is 1. The number of fused-ring (bicyclic) bond motifs is 3. The molecule has 4 rings (SSSR count). The highest BCUT2D eigenvalue weighted by atomic mass is 16.5. The van der Waals surface area contributed by atoms with Crippen LogP contribution in [0.25, 0.3) is 11.3 Å². The summed E-state index contributed by atoms with van der Waals surface area (Å²) in [6.07, 6.45) is 0.239. The number of hydrogen-bond acceptors (Lipinski definition) is 4. The summed E-state index contributed by atoms with van der Waals surface area (Å²) in [5, 5.41) is 12.0. The summed E-state index contributed by atoms with van der Waals surface area (Å²) in [4.78, 5) is 0. The normalized spacial score (nSPS) is 25.8. The molecule has 0 amide bonds. The van der Waals surface area contributed by atoms with Gasteiger partial charge in [0.1, 0.15) is 5.69 Å². The van der Waals surface area contributed by atoms with Gasteiger partial charge in [-0.1, -0.05) is 35.5 Å². The van der Waals surface area contributed by atoms with Crippen LogP contribution >= 0.6 is 0 Å².